The Balaban J connectivity index is 2.33. The van der Waals surface area contributed by atoms with Crippen LogP contribution in [0.5, 0.6) is 0 Å². The second-order valence-corrected chi connectivity index (χ2v) is 6.92. The Bertz CT molecular complexity index is 740. The van der Waals surface area contributed by atoms with Gasteiger partial charge >= 0.3 is 5.97 Å². The molecule has 0 aliphatic carbocycles. The lowest BCUT2D eigenvalue weighted by atomic mass is 10.2. The van der Waals surface area contributed by atoms with Crippen molar-refractivity contribution in [2.45, 2.75) is 11.4 Å². The van der Waals surface area contributed by atoms with Crippen LogP contribution in [0.3, 0.4) is 0 Å². The number of carbonyl (C=O) groups excluding carboxylic acids is 1. The van der Waals surface area contributed by atoms with Gasteiger partial charge < -0.3 is 10.5 Å². The van der Waals surface area contributed by atoms with Gasteiger partial charge in [0, 0.05) is 17.1 Å². The lowest BCUT2D eigenvalue weighted by Crippen LogP contribution is -2.25. The fraction of sp³-hybridized carbons (Fsp3) is 0.154. The van der Waals surface area contributed by atoms with Crippen molar-refractivity contribution >= 4 is 33.0 Å². The summed E-state index contributed by atoms with van der Waals surface area (Å²) < 4.78 is 31.7. The van der Waals surface area contributed by atoms with Crippen molar-refractivity contribution in [1.29, 1.82) is 0 Å². The van der Waals surface area contributed by atoms with Gasteiger partial charge in [-0.1, -0.05) is 6.07 Å². The second-order valence-electron chi connectivity index (χ2n) is 4.15. The molecule has 2 aromatic rings. The highest BCUT2D eigenvalue weighted by Gasteiger charge is 2.23. The lowest BCUT2D eigenvalue weighted by Gasteiger charge is -2.10. The Hall–Kier alpha value is -1.90. The number of esters is 1. The smallest absolute Gasteiger partial charge is 0.339 e. The number of thiophene rings is 1. The van der Waals surface area contributed by atoms with Crippen LogP contribution in [0.25, 0.3) is 0 Å². The van der Waals surface area contributed by atoms with E-state index in [1.165, 1.54) is 36.6 Å². The van der Waals surface area contributed by atoms with Gasteiger partial charge in [-0.3, -0.25) is 0 Å². The van der Waals surface area contributed by atoms with Gasteiger partial charge in [0.1, 0.15) is 0 Å². The fourth-order valence-electron chi connectivity index (χ4n) is 1.71. The van der Waals surface area contributed by atoms with E-state index in [-0.39, 0.29) is 22.7 Å². The molecule has 0 saturated carbocycles. The summed E-state index contributed by atoms with van der Waals surface area (Å²) in [7, 11) is -2.66. The number of benzene rings is 1. The number of anilines is 1. The van der Waals surface area contributed by atoms with E-state index in [0.717, 1.165) is 4.88 Å². The first-order valence-corrected chi connectivity index (χ1v) is 8.30. The van der Waals surface area contributed by atoms with Gasteiger partial charge in [0.2, 0.25) is 10.0 Å². The zero-order valence-electron chi connectivity index (χ0n) is 11.2. The topological polar surface area (TPSA) is 98.5 Å². The van der Waals surface area contributed by atoms with E-state index in [0.29, 0.717) is 0 Å². The van der Waals surface area contributed by atoms with Crippen LogP contribution in [0.1, 0.15) is 15.2 Å². The van der Waals surface area contributed by atoms with E-state index in [9.17, 15) is 13.2 Å². The number of methoxy groups -OCH3 is 1. The van der Waals surface area contributed by atoms with Crippen LogP contribution < -0.4 is 10.5 Å². The molecule has 0 fully saturated rings. The largest absolute Gasteiger partial charge is 0.465 e. The molecule has 2 rings (SSSR count). The van der Waals surface area contributed by atoms with Crippen LogP contribution >= 0.6 is 11.3 Å². The Kier molecular flexibility index (Phi) is 4.61. The van der Waals surface area contributed by atoms with Crippen LogP contribution in [0.4, 0.5) is 5.69 Å². The predicted octanol–water partition coefficient (Wildman–Crippen LogP) is 1.60. The van der Waals surface area contributed by atoms with Gasteiger partial charge in [0.25, 0.3) is 0 Å². The Morgan fingerprint density at radius 1 is 1.38 bits per heavy atom. The molecule has 0 bridgehead atoms. The van der Waals surface area contributed by atoms with Crippen molar-refractivity contribution in [2.24, 2.45) is 0 Å². The quantitative estimate of drug-likeness (QED) is 0.642. The van der Waals surface area contributed by atoms with Crippen LogP contribution in [-0.4, -0.2) is 21.5 Å². The molecule has 1 aromatic heterocycles. The zero-order valence-corrected chi connectivity index (χ0v) is 12.8. The highest BCUT2D eigenvalue weighted by molar-refractivity contribution is 7.89. The third-order valence-electron chi connectivity index (χ3n) is 2.71. The number of hydrogen-bond donors (Lipinski definition) is 2. The molecule has 0 amide bonds. The third kappa shape index (κ3) is 3.60. The molecule has 0 atom stereocenters. The molecule has 0 aliphatic heterocycles. The first-order chi connectivity index (χ1) is 9.94. The normalized spacial score (nSPS) is 11.3. The molecule has 6 nitrogen and oxygen atoms in total. The Morgan fingerprint density at radius 3 is 2.76 bits per heavy atom. The number of nitrogen functional groups attached to an aromatic ring is 1. The van der Waals surface area contributed by atoms with Crippen molar-refractivity contribution in [2.75, 3.05) is 12.8 Å². The molecular formula is C13H14N2O4S2. The number of nitrogens with one attached hydrogen (secondary N) is 1. The molecule has 21 heavy (non-hydrogen) atoms. The van der Waals surface area contributed by atoms with Gasteiger partial charge in [-0.05, 0) is 29.6 Å². The zero-order chi connectivity index (χ0) is 15.5. The van der Waals surface area contributed by atoms with Crippen molar-refractivity contribution in [3.8, 4) is 0 Å². The number of ether oxygens (including phenoxy) is 1. The second kappa shape index (κ2) is 6.25. The summed E-state index contributed by atoms with van der Waals surface area (Å²) in [6.45, 7) is 0.158. The summed E-state index contributed by atoms with van der Waals surface area (Å²) in [6.07, 6.45) is 0. The minimum absolute atomic E-state index is 0.0869. The van der Waals surface area contributed by atoms with Crippen LogP contribution in [0.15, 0.2) is 40.6 Å². The molecule has 0 radical (unpaired) electrons. The summed E-state index contributed by atoms with van der Waals surface area (Å²) in [4.78, 5) is 12.4. The van der Waals surface area contributed by atoms with Crippen molar-refractivity contribution < 1.29 is 17.9 Å². The maximum absolute atomic E-state index is 12.3. The molecule has 0 spiro atoms. The lowest BCUT2D eigenvalue weighted by molar-refractivity contribution is 0.0596. The summed E-state index contributed by atoms with van der Waals surface area (Å²) in [6, 6.07) is 7.64. The van der Waals surface area contributed by atoms with Crippen LogP contribution in [-0.2, 0) is 21.3 Å². The highest BCUT2D eigenvalue weighted by Crippen LogP contribution is 2.20. The summed E-state index contributed by atoms with van der Waals surface area (Å²) in [5, 5.41) is 1.85. The number of sulfonamides is 1. The average Bonchev–Trinajstić information content (AvgIpc) is 2.97. The summed E-state index contributed by atoms with van der Waals surface area (Å²) in [5.41, 5.74) is 5.79. The van der Waals surface area contributed by atoms with Gasteiger partial charge in [-0.15, -0.1) is 11.3 Å². The number of hydrogen-bond acceptors (Lipinski definition) is 6. The number of rotatable bonds is 5. The molecule has 0 unspecified atom stereocenters. The maximum Gasteiger partial charge on any atom is 0.339 e. The van der Waals surface area contributed by atoms with Crippen molar-refractivity contribution in [1.82, 2.24) is 4.72 Å². The monoisotopic (exact) mass is 326 g/mol. The SMILES string of the molecule is COC(=O)c1cc(N)ccc1S(=O)(=O)NCc1cccs1. The fourth-order valence-corrected chi connectivity index (χ4v) is 3.62. The minimum Gasteiger partial charge on any atom is -0.465 e. The van der Waals surface area contributed by atoms with Gasteiger partial charge in [-0.25, -0.2) is 17.9 Å². The van der Waals surface area contributed by atoms with Gasteiger partial charge in [-0.2, -0.15) is 0 Å². The first-order valence-electron chi connectivity index (χ1n) is 5.94. The first kappa shape index (κ1) is 15.5. The van der Waals surface area contributed by atoms with E-state index < -0.39 is 16.0 Å². The predicted molar refractivity (Wildman–Crippen MR) is 80.5 cm³/mol. The van der Waals surface area contributed by atoms with E-state index in [2.05, 4.69) is 9.46 Å². The van der Waals surface area contributed by atoms with Gasteiger partial charge in [0.15, 0.2) is 0 Å². The molecule has 112 valence electrons. The maximum atomic E-state index is 12.3. The van der Waals surface area contributed by atoms with Crippen LogP contribution in [0.2, 0.25) is 0 Å². The summed E-state index contributed by atoms with van der Waals surface area (Å²) >= 11 is 1.44. The molecule has 8 heteroatoms. The van der Waals surface area contributed by atoms with Crippen molar-refractivity contribution in [3.05, 3.63) is 46.2 Å². The standard InChI is InChI=1S/C13H14N2O4S2/c1-19-13(16)11-7-9(14)4-5-12(11)21(17,18)15-8-10-3-2-6-20-10/h2-7,15H,8,14H2,1H3. The Morgan fingerprint density at radius 2 is 2.14 bits per heavy atom. The molecule has 0 saturated heterocycles. The third-order valence-corrected chi connectivity index (χ3v) is 5.05. The minimum atomic E-state index is -3.84. The number of nitrogens with two attached hydrogens (primary N) is 1. The molecule has 3 N–H and O–H groups in total. The van der Waals surface area contributed by atoms with E-state index in [4.69, 9.17) is 5.73 Å². The molecular weight excluding hydrogens is 312 g/mol. The molecule has 0 aliphatic rings. The van der Waals surface area contributed by atoms with E-state index >= 15 is 0 Å². The average molecular weight is 326 g/mol. The number of carbonyl (C=O) groups is 1. The van der Waals surface area contributed by atoms with Gasteiger partial charge in [0.05, 0.1) is 17.6 Å². The Labute approximate surface area is 126 Å². The molecule has 1 aromatic carbocycles. The molecule has 1 heterocycles. The highest BCUT2D eigenvalue weighted by atomic mass is 32.2. The van der Waals surface area contributed by atoms with Crippen LogP contribution in [0, 0.1) is 0 Å². The van der Waals surface area contributed by atoms with Crippen molar-refractivity contribution in [3.63, 3.8) is 0 Å². The summed E-state index contributed by atoms with van der Waals surface area (Å²) in [5.74, 6) is -0.751. The van der Waals surface area contributed by atoms with E-state index in [1.807, 2.05) is 17.5 Å². The van der Waals surface area contributed by atoms with E-state index in [1.54, 1.807) is 0 Å².